The number of benzene rings is 2. The minimum Gasteiger partial charge on any atom is -0.496 e. The standard InChI is InChI=1S/C23H23N3O3S/c1-14(2)21(29-19-8-6-5-7-16(19)12-24)22(27)26-23-25-18(13-30-23)17-11-15(3)9-10-20(17)28-4/h5-11,13-14,21H,1-4H3,(H,25,26,27). The number of amides is 1. The van der Waals surface area contributed by atoms with Crippen LogP contribution in [0.3, 0.4) is 0 Å². The molecule has 0 spiro atoms. The average Bonchev–Trinajstić information content (AvgIpc) is 3.20. The summed E-state index contributed by atoms with van der Waals surface area (Å²) in [6.07, 6.45) is -0.764. The molecule has 0 saturated carbocycles. The molecule has 0 aliphatic carbocycles. The Balaban J connectivity index is 1.79. The topological polar surface area (TPSA) is 84.2 Å². The van der Waals surface area contributed by atoms with Crippen LogP contribution in [0.4, 0.5) is 5.13 Å². The second kappa shape index (κ2) is 9.42. The Hall–Kier alpha value is -3.37. The van der Waals surface area contributed by atoms with Crippen LogP contribution in [0.1, 0.15) is 25.0 Å². The van der Waals surface area contributed by atoms with Gasteiger partial charge in [-0.25, -0.2) is 4.98 Å². The summed E-state index contributed by atoms with van der Waals surface area (Å²) < 4.78 is 11.3. The van der Waals surface area contributed by atoms with E-state index in [1.807, 2.05) is 44.4 Å². The Morgan fingerprint density at radius 2 is 1.97 bits per heavy atom. The predicted octanol–water partition coefficient (Wildman–Crippen LogP) is 5.04. The van der Waals surface area contributed by atoms with Crippen LogP contribution in [0, 0.1) is 24.2 Å². The first-order chi connectivity index (χ1) is 14.4. The van der Waals surface area contributed by atoms with Gasteiger partial charge in [-0.2, -0.15) is 5.26 Å². The van der Waals surface area contributed by atoms with Crippen molar-refractivity contribution in [2.24, 2.45) is 5.92 Å². The minimum absolute atomic E-state index is 0.104. The van der Waals surface area contributed by atoms with Gasteiger partial charge in [0.15, 0.2) is 11.2 Å². The second-order valence-corrected chi connectivity index (χ2v) is 7.98. The Labute approximate surface area is 180 Å². The number of hydrogen-bond acceptors (Lipinski definition) is 6. The second-order valence-electron chi connectivity index (χ2n) is 7.12. The molecule has 0 bridgehead atoms. The lowest BCUT2D eigenvalue weighted by Crippen LogP contribution is -2.37. The van der Waals surface area contributed by atoms with Gasteiger partial charge >= 0.3 is 0 Å². The molecule has 154 valence electrons. The molecule has 3 rings (SSSR count). The molecule has 1 aromatic heterocycles. The molecule has 0 radical (unpaired) electrons. The maximum atomic E-state index is 12.9. The van der Waals surface area contributed by atoms with E-state index in [1.54, 1.807) is 31.4 Å². The van der Waals surface area contributed by atoms with Crippen molar-refractivity contribution in [3.05, 3.63) is 59.0 Å². The van der Waals surface area contributed by atoms with Crippen molar-refractivity contribution in [1.29, 1.82) is 5.26 Å². The average molecular weight is 422 g/mol. The lowest BCUT2D eigenvalue weighted by Gasteiger charge is -2.21. The van der Waals surface area contributed by atoms with E-state index in [9.17, 15) is 10.1 Å². The van der Waals surface area contributed by atoms with Crippen LogP contribution in [0.15, 0.2) is 47.8 Å². The third-order valence-electron chi connectivity index (χ3n) is 4.49. The number of para-hydroxylation sites is 1. The van der Waals surface area contributed by atoms with Crippen LogP contribution in [-0.4, -0.2) is 24.1 Å². The zero-order chi connectivity index (χ0) is 21.7. The summed E-state index contributed by atoms with van der Waals surface area (Å²) in [6, 6.07) is 14.8. The number of hydrogen-bond donors (Lipinski definition) is 1. The number of anilines is 1. The van der Waals surface area contributed by atoms with Crippen molar-refractivity contribution in [3.63, 3.8) is 0 Å². The van der Waals surface area contributed by atoms with Crippen molar-refractivity contribution in [2.45, 2.75) is 26.9 Å². The van der Waals surface area contributed by atoms with Gasteiger partial charge in [-0.3, -0.25) is 10.1 Å². The summed E-state index contributed by atoms with van der Waals surface area (Å²) in [4.78, 5) is 17.5. The highest BCUT2D eigenvalue weighted by Crippen LogP contribution is 2.33. The van der Waals surface area contributed by atoms with Crippen molar-refractivity contribution in [2.75, 3.05) is 12.4 Å². The molecule has 6 nitrogen and oxygen atoms in total. The third kappa shape index (κ3) is 4.78. The number of ether oxygens (including phenoxy) is 2. The highest BCUT2D eigenvalue weighted by Gasteiger charge is 2.26. The van der Waals surface area contributed by atoms with Gasteiger partial charge in [-0.05, 0) is 37.1 Å². The van der Waals surface area contributed by atoms with Crippen LogP contribution >= 0.6 is 11.3 Å². The first-order valence-electron chi connectivity index (χ1n) is 9.50. The van der Waals surface area contributed by atoms with Crippen molar-refractivity contribution >= 4 is 22.4 Å². The van der Waals surface area contributed by atoms with Gasteiger partial charge in [0.1, 0.15) is 17.6 Å². The zero-order valence-corrected chi connectivity index (χ0v) is 18.1. The zero-order valence-electron chi connectivity index (χ0n) is 17.3. The number of nitriles is 1. The molecule has 7 heteroatoms. The Morgan fingerprint density at radius 1 is 1.20 bits per heavy atom. The highest BCUT2D eigenvalue weighted by atomic mass is 32.1. The third-order valence-corrected chi connectivity index (χ3v) is 5.25. The van der Waals surface area contributed by atoms with E-state index >= 15 is 0 Å². The molecule has 0 saturated heterocycles. The molecular formula is C23H23N3O3S. The van der Waals surface area contributed by atoms with E-state index < -0.39 is 6.10 Å². The first kappa shape index (κ1) is 21.3. The van der Waals surface area contributed by atoms with Gasteiger partial charge in [-0.1, -0.05) is 37.6 Å². The van der Waals surface area contributed by atoms with Crippen LogP contribution in [0.2, 0.25) is 0 Å². The first-order valence-corrected chi connectivity index (χ1v) is 10.4. The Morgan fingerprint density at radius 3 is 2.67 bits per heavy atom. The van der Waals surface area contributed by atoms with Gasteiger partial charge in [0.25, 0.3) is 5.91 Å². The monoisotopic (exact) mass is 421 g/mol. The van der Waals surface area contributed by atoms with Crippen LogP contribution in [0.5, 0.6) is 11.5 Å². The lowest BCUT2D eigenvalue weighted by molar-refractivity contribution is -0.124. The van der Waals surface area contributed by atoms with E-state index in [2.05, 4.69) is 16.4 Å². The number of carbonyl (C=O) groups excluding carboxylic acids is 1. The molecule has 1 unspecified atom stereocenters. The molecule has 1 N–H and O–H groups in total. The molecule has 0 aliphatic heterocycles. The Kier molecular flexibility index (Phi) is 6.70. The predicted molar refractivity (Wildman–Crippen MR) is 118 cm³/mol. The number of nitrogens with one attached hydrogen (secondary N) is 1. The molecule has 3 aromatic rings. The van der Waals surface area contributed by atoms with E-state index in [1.165, 1.54) is 11.3 Å². The van der Waals surface area contributed by atoms with Gasteiger partial charge in [0, 0.05) is 10.9 Å². The largest absolute Gasteiger partial charge is 0.496 e. The van der Waals surface area contributed by atoms with E-state index in [0.29, 0.717) is 16.4 Å². The molecule has 30 heavy (non-hydrogen) atoms. The molecular weight excluding hydrogens is 398 g/mol. The summed E-state index contributed by atoms with van der Waals surface area (Å²) >= 11 is 1.33. The number of aromatic nitrogens is 1. The van der Waals surface area contributed by atoms with Crippen LogP contribution in [-0.2, 0) is 4.79 Å². The molecule has 1 amide bonds. The summed E-state index contributed by atoms with van der Waals surface area (Å²) in [5.74, 6) is 0.696. The molecule has 0 fully saturated rings. The van der Waals surface area contributed by atoms with E-state index in [0.717, 1.165) is 22.6 Å². The summed E-state index contributed by atoms with van der Waals surface area (Å²) in [6.45, 7) is 5.79. The van der Waals surface area contributed by atoms with Crippen molar-refractivity contribution in [3.8, 4) is 28.8 Å². The fourth-order valence-corrected chi connectivity index (χ4v) is 3.66. The molecule has 1 atom stereocenters. The fraction of sp³-hybridized carbons (Fsp3) is 0.261. The number of thiazole rings is 1. The number of rotatable bonds is 7. The molecule has 1 heterocycles. The molecule has 0 aliphatic rings. The van der Waals surface area contributed by atoms with Crippen LogP contribution < -0.4 is 14.8 Å². The van der Waals surface area contributed by atoms with Crippen molar-refractivity contribution < 1.29 is 14.3 Å². The summed E-state index contributed by atoms with van der Waals surface area (Å²) in [5.41, 5.74) is 3.08. The van der Waals surface area contributed by atoms with Gasteiger partial charge in [-0.15, -0.1) is 11.3 Å². The fourth-order valence-electron chi connectivity index (χ4n) is 2.94. The SMILES string of the molecule is COc1ccc(C)cc1-c1csc(NC(=O)C(Oc2ccccc2C#N)C(C)C)n1. The number of aryl methyl sites for hydroxylation is 1. The Bertz CT molecular complexity index is 1090. The number of methoxy groups -OCH3 is 1. The van der Waals surface area contributed by atoms with Gasteiger partial charge in [0.05, 0.1) is 18.4 Å². The van der Waals surface area contributed by atoms with E-state index in [-0.39, 0.29) is 11.8 Å². The lowest BCUT2D eigenvalue weighted by atomic mass is 10.1. The summed E-state index contributed by atoms with van der Waals surface area (Å²) in [7, 11) is 1.62. The minimum atomic E-state index is -0.764. The maximum absolute atomic E-state index is 12.9. The quantitative estimate of drug-likeness (QED) is 0.578. The highest BCUT2D eigenvalue weighted by molar-refractivity contribution is 7.14. The van der Waals surface area contributed by atoms with Gasteiger partial charge < -0.3 is 9.47 Å². The van der Waals surface area contributed by atoms with Gasteiger partial charge in [0.2, 0.25) is 0 Å². The molecule has 2 aromatic carbocycles. The smallest absolute Gasteiger partial charge is 0.267 e. The van der Waals surface area contributed by atoms with Crippen molar-refractivity contribution in [1.82, 2.24) is 4.98 Å². The number of carbonyl (C=O) groups is 1. The summed E-state index contributed by atoms with van der Waals surface area (Å²) in [5, 5.41) is 14.5. The van der Waals surface area contributed by atoms with E-state index in [4.69, 9.17) is 9.47 Å². The maximum Gasteiger partial charge on any atom is 0.267 e. The normalized spacial score (nSPS) is 11.6. The van der Waals surface area contributed by atoms with Crippen LogP contribution in [0.25, 0.3) is 11.3 Å². The number of nitrogens with zero attached hydrogens (tertiary/aromatic N) is 2.